The Labute approximate surface area is 98.8 Å². The fourth-order valence-corrected chi connectivity index (χ4v) is 4.14. The minimum absolute atomic E-state index is 0.149. The first-order chi connectivity index (χ1) is 8.12. The lowest BCUT2D eigenvalue weighted by Gasteiger charge is -2.21. The number of rotatable bonds is 4. The number of carbonyl (C=O) groups excluding carboxylic acids is 1. The van der Waals surface area contributed by atoms with E-state index in [1.165, 1.54) is 6.08 Å². The van der Waals surface area contributed by atoms with Crippen LogP contribution < -0.4 is 5.32 Å². The summed E-state index contributed by atoms with van der Waals surface area (Å²) < 4.78 is 4.85. The van der Waals surface area contributed by atoms with Gasteiger partial charge in [-0.15, -0.1) is 0 Å². The summed E-state index contributed by atoms with van der Waals surface area (Å²) in [5.74, 6) is 0.100. The topological polar surface area (TPSA) is 75.6 Å². The highest BCUT2D eigenvalue weighted by molar-refractivity contribution is 5.84. The number of amides is 1. The Balaban J connectivity index is 1.70. The standard InChI is InChI=1S/C12H15NO4/c1-2-3-17-11(16)13-9-6-4-7-8(5-6)12(7,9)10(14)15/h2,6-9H,1,3-5H2,(H,13,16)(H,14,15). The molecule has 4 rings (SSSR count). The van der Waals surface area contributed by atoms with E-state index in [-0.39, 0.29) is 24.5 Å². The van der Waals surface area contributed by atoms with Crippen LogP contribution in [0.2, 0.25) is 0 Å². The molecule has 0 radical (unpaired) electrons. The molecule has 4 saturated carbocycles. The Kier molecular flexibility index (Phi) is 2.03. The van der Waals surface area contributed by atoms with Crippen LogP contribution in [0.5, 0.6) is 0 Å². The van der Waals surface area contributed by atoms with E-state index in [0.29, 0.717) is 5.92 Å². The third-order valence-electron chi connectivity index (χ3n) is 4.68. The maximum absolute atomic E-state index is 11.5. The minimum Gasteiger partial charge on any atom is -0.481 e. The highest BCUT2D eigenvalue weighted by Gasteiger charge is 2.83. The molecule has 0 aromatic rings. The molecule has 0 aromatic carbocycles. The van der Waals surface area contributed by atoms with Crippen molar-refractivity contribution < 1.29 is 19.4 Å². The smallest absolute Gasteiger partial charge is 0.407 e. The van der Waals surface area contributed by atoms with Gasteiger partial charge in [-0.05, 0) is 30.6 Å². The maximum Gasteiger partial charge on any atom is 0.407 e. The first-order valence-electron chi connectivity index (χ1n) is 5.90. The summed E-state index contributed by atoms with van der Waals surface area (Å²) >= 11 is 0. The van der Waals surface area contributed by atoms with Crippen molar-refractivity contribution in [2.24, 2.45) is 23.2 Å². The van der Waals surface area contributed by atoms with Gasteiger partial charge in [-0.3, -0.25) is 4.79 Å². The molecule has 0 heterocycles. The van der Waals surface area contributed by atoms with Crippen LogP contribution >= 0.6 is 0 Å². The molecule has 0 saturated heterocycles. The third kappa shape index (κ3) is 1.14. The predicted octanol–water partition coefficient (Wildman–Crippen LogP) is 1.01. The van der Waals surface area contributed by atoms with Crippen LogP contribution in [0.1, 0.15) is 12.8 Å². The number of ether oxygens (including phenoxy) is 1. The van der Waals surface area contributed by atoms with E-state index in [1.54, 1.807) is 0 Å². The zero-order chi connectivity index (χ0) is 12.2. The van der Waals surface area contributed by atoms with Crippen molar-refractivity contribution in [3.63, 3.8) is 0 Å². The summed E-state index contributed by atoms with van der Waals surface area (Å²) in [6, 6.07) is -0.243. The molecule has 0 aliphatic heterocycles. The molecule has 0 aromatic heterocycles. The Bertz CT molecular complexity index is 393. The highest BCUT2D eigenvalue weighted by atomic mass is 16.5. The summed E-state index contributed by atoms with van der Waals surface area (Å²) in [6.45, 7) is 3.60. The highest BCUT2D eigenvalue weighted by Crippen LogP contribution is 2.78. The summed E-state index contributed by atoms with van der Waals surface area (Å²) in [7, 11) is 0. The van der Waals surface area contributed by atoms with Crippen LogP contribution in [-0.4, -0.2) is 29.8 Å². The van der Waals surface area contributed by atoms with Gasteiger partial charge in [0.2, 0.25) is 0 Å². The van der Waals surface area contributed by atoms with Gasteiger partial charge in [0.05, 0.1) is 11.5 Å². The van der Waals surface area contributed by atoms with Crippen LogP contribution in [-0.2, 0) is 9.53 Å². The molecule has 0 spiro atoms. The second-order valence-corrected chi connectivity index (χ2v) is 5.19. The molecule has 5 heteroatoms. The molecule has 2 N–H and O–H groups in total. The Morgan fingerprint density at radius 3 is 2.65 bits per heavy atom. The van der Waals surface area contributed by atoms with E-state index in [4.69, 9.17) is 4.74 Å². The van der Waals surface area contributed by atoms with E-state index < -0.39 is 17.5 Å². The van der Waals surface area contributed by atoms with Crippen molar-refractivity contribution in [2.45, 2.75) is 18.9 Å². The van der Waals surface area contributed by atoms with E-state index >= 15 is 0 Å². The normalized spacial score (nSPS) is 44.2. The maximum atomic E-state index is 11.5. The molecule has 4 bridgehead atoms. The fraction of sp³-hybridized carbons (Fsp3) is 0.667. The van der Waals surface area contributed by atoms with Gasteiger partial charge in [0.15, 0.2) is 0 Å². The number of hydrogen-bond donors (Lipinski definition) is 2. The first-order valence-corrected chi connectivity index (χ1v) is 5.90. The van der Waals surface area contributed by atoms with Crippen molar-refractivity contribution in [1.82, 2.24) is 5.32 Å². The van der Waals surface area contributed by atoms with Gasteiger partial charge in [-0.1, -0.05) is 12.7 Å². The average molecular weight is 237 g/mol. The van der Waals surface area contributed by atoms with Gasteiger partial charge in [0.25, 0.3) is 0 Å². The van der Waals surface area contributed by atoms with Crippen molar-refractivity contribution in [3.05, 3.63) is 12.7 Å². The first kappa shape index (κ1) is 10.6. The van der Waals surface area contributed by atoms with Crippen LogP contribution in [0.4, 0.5) is 4.79 Å². The van der Waals surface area contributed by atoms with Gasteiger partial charge in [0, 0.05) is 0 Å². The molecule has 3 atom stereocenters. The third-order valence-corrected chi connectivity index (χ3v) is 4.68. The van der Waals surface area contributed by atoms with Crippen molar-refractivity contribution in [1.29, 1.82) is 0 Å². The SMILES string of the molecule is C=CCOC(=O)NC1C2CC3C(C2)C31C(=O)O. The van der Waals surface area contributed by atoms with Gasteiger partial charge in [-0.2, -0.15) is 0 Å². The largest absolute Gasteiger partial charge is 0.481 e. The molecule has 17 heavy (non-hydrogen) atoms. The monoisotopic (exact) mass is 237 g/mol. The predicted molar refractivity (Wildman–Crippen MR) is 58.2 cm³/mol. The molecule has 4 fully saturated rings. The quantitative estimate of drug-likeness (QED) is 0.715. The Hall–Kier alpha value is -1.52. The molecule has 4 aliphatic rings. The summed E-state index contributed by atoms with van der Waals surface area (Å²) in [6.07, 6.45) is 2.82. The van der Waals surface area contributed by atoms with E-state index in [9.17, 15) is 14.7 Å². The van der Waals surface area contributed by atoms with Crippen LogP contribution in [0, 0.1) is 23.2 Å². The number of carbonyl (C=O) groups is 2. The summed E-state index contributed by atoms with van der Waals surface area (Å²) in [4.78, 5) is 22.9. The van der Waals surface area contributed by atoms with Gasteiger partial charge in [-0.25, -0.2) is 4.79 Å². The second kappa shape index (κ2) is 3.24. The van der Waals surface area contributed by atoms with Gasteiger partial charge < -0.3 is 15.2 Å². The molecular formula is C12H15NO4. The van der Waals surface area contributed by atoms with Crippen molar-refractivity contribution >= 4 is 12.1 Å². The van der Waals surface area contributed by atoms with Gasteiger partial charge >= 0.3 is 12.1 Å². The molecule has 4 aliphatic carbocycles. The van der Waals surface area contributed by atoms with E-state index in [2.05, 4.69) is 11.9 Å². The average Bonchev–Trinajstić information content (AvgIpc) is 2.67. The summed E-state index contributed by atoms with van der Waals surface area (Å²) in [5, 5.41) is 12.1. The zero-order valence-corrected chi connectivity index (χ0v) is 9.39. The number of carboxylic acids is 1. The van der Waals surface area contributed by atoms with Crippen LogP contribution in [0.15, 0.2) is 12.7 Å². The number of hydrogen-bond acceptors (Lipinski definition) is 3. The number of carboxylic acid groups (broad SMARTS) is 1. The lowest BCUT2D eigenvalue weighted by atomic mass is 9.98. The Morgan fingerprint density at radius 1 is 1.47 bits per heavy atom. The van der Waals surface area contributed by atoms with Gasteiger partial charge in [0.1, 0.15) is 6.61 Å². The second-order valence-electron chi connectivity index (χ2n) is 5.19. The molecule has 1 amide bonds. The zero-order valence-electron chi connectivity index (χ0n) is 9.39. The van der Waals surface area contributed by atoms with Crippen molar-refractivity contribution in [2.75, 3.05) is 6.61 Å². The lowest BCUT2D eigenvalue weighted by Crippen LogP contribution is -2.45. The molecule has 92 valence electrons. The van der Waals surface area contributed by atoms with Crippen LogP contribution in [0.3, 0.4) is 0 Å². The van der Waals surface area contributed by atoms with Crippen LogP contribution in [0.25, 0.3) is 0 Å². The van der Waals surface area contributed by atoms with E-state index in [1.807, 2.05) is 0 Å². The Morgan fingerprint density at radius 2 is 2.12 bits per heavy atom. The van der Waals surface area contributed by atoms with Crippen molar-refractivity contribution in [3.8, 4) is 0 Å². The summed E-state index contributed by atoms with van der Waals surface area (Å²) in [5.41, 5.74) is -0.683. The fourth-order valence-electron chi connectivity index (χ4n) is 4.14. The molecule has 3 unspecified atom stereocenters. The minimum atomic E-state index is -0.762. The number of alkyl carbamates (subject to hydrolysis) is 1. The number of nitrogens with one attached hydrogen (secondary N) is 1. The molecule has 5 nitrogen and oxygen atoms in total. The molecular weight excluding hydrogens is 222 g/mol. The van der Waals surface area contributed by atoms with E-state index in [0.717, 1.165) is 12.8 Å². The number of aliphatic carboxylic acids is 1. The lowest BCUT2D eigenvalue weighted by molar-refractivity contribution is -0.144.